The van der Waals surface area contributed by atoms with Crippen molar-refractivity contribution >= 4 is 12.4 Å². The number of rotatable bonds is 5. The SMILES string of the molecule is CC(C)(C)OC(=O)N[C@H](CC=O)Cc1ccccc1. The average molecular weight is 263 g/mol. The number of amides is 1. The van der Waals surface area contributed by atoms with Gasteiger partial charge in [0.1, 0.15) is 11.9 Å². The Kier molecular flexibility index (Phi) is 5.55. The summed E-state index contributed by atoms with van der Waals surface area (Å²) in [7, 11) is 0. The largest absolute Gasteiger partial charge is 0.444 e. The van der Waals surface area contributed by atoms with E-state index in [4.69, 9.17) is 4.74 Å². The molecule has 0 bridgehead atoms. The lowest BCUT2D eigenvalue weighted by Gasteiger charge is -2.22. The van der Waals surface area contributed by atoms with E-state index in [1.54, 1.807) is 20.8 Å². The highest BCUT2D eigenvalue weighted by Crippen LogP contribution is 2.09. The number of carbonyl (C=O) groups is 2. The van der Waals surface area contributed by atoms with Gasteiger partial charge in [-0.05, 0) is 32.8 Å². The average Bonchev–Trinajstić information content (AvgIpc) is 2.27. The summed E-state index contributed by atoms with van der Waals surface area (Å²) < 4.78 is 5.19. The molecule has 104 valence electrons. The van der Waals surface area contributed by atoms with Crippen molar-refractivity contribution in [3.8, 4) is 0 Å². The van der Waals surface area contributed by atoms with E-state index in [9.17, 15) is 9.59 Å². The number of hydrogen-bond donors (Lipinski definition) is 1. The molecule has 0 saturated heterocycles. The van der Waals surface area contributed by atoms with Crippen LogP contribution in [0.1, 0.15) is 32.8 Å². The third kappa shape index (κ3) is 6.60. The van der Waals surface area contributed by atoms with E-state index in [0.717, 1.165) is 11.8 Å². The molecule has 0 saturated carbocycles. The Labute approximate surface area is 114 Å². The molecule has 0 heterocycles. The molecule has 0 aromatic heterocycles. The standard InChI is InChI=1S/C15H21NO3/c1-15(2,3)19-14(18)16-13(9-10-17)11-12-7-5-4-6-8-12/h4-8,10,13H,9,11H2,1-3H3,(H,16,18)/t13-/m1/s1. The Hall–Kier alpha value is -1.84. The van der Waals surface area contributed by atoms with Gasteiger partial charge in [0.25, 0.3) is 0 Å². The lowest BCUT2D eigenvalue weighted by Crippen LogP contribution is -2.40. The van der Waals surface area contributed by atoms with E-state index in [-0.39, 0.29) is 12.5 Å². The summed E-state index contributed by atoms with van der Waals surface area (Å²) in [6, 6.07) is 9.49. The van der Waals surface area contributed by atoms with Gasteiger partial charge in [0, 0.05) is 12.5 Å². The van der Waals surface area contributed by atoms with Gasteiger partial charge in [0.05, 0.1) is 0 Å². The van der Waals surface area contributed by atoms with Gasteiger partial charge in [-0.2, -0.15) is 0 Å². The fourth-order valence-corrected chi connectivity index (χ4v) is 1.68. The smallest absolute Gasteiger partial charge is 0.407 e. The predicted molar refractivity (Wildman–Crippen MR) is 74.0 cm³/mol. The molecule has 0 fully saturated rings. The third-order valence-electron chi connectivity index (χ3n) is 2.43. The molecule has 4 heteroatoms. The Balaban J connectivity index is 2.58. The van der Waals surface area contributed by atoms with Crippen molar-refractivity contribution in [2.75, 3.05) is 0 Å². The molecule has 19 heavy (non-hydrogen) atoms. The molecule has 1 N–H and O–H groups in total. The van der Waals surface area contributed by atoms with E-state index in [0.29, 0.717) is 6.42 Å². The maximum Gasteiger partial charge on any atom is 0.407 e. The second-order valence-electron chi connectivity index (χ2n) is 5.44. The van der Waals surface area contributed by atoms with Crippen LogP contribution in [0.15, 0.2) is 30.3 Å². The Morgan fingerprint density at radius 2 is 1.95 bits per heavy atom. The number of carbonyl (C=O) groups excluding carboxylic acids is 2. The monoisotopic (exact) mass is 263 g/mol. The molecule has 0 unspecified atom stereocenters. The maximum absolute atomic E-state index is 11.7. The molecule has 1 amide bonds. The molecule has 0 aliphatic rings. The summed E-state index contributed by atoms with van der Waals surface area (Å²) in [5, 5.41) is 2.73. The first-order valence-electron chi connectivity index (χ1n) is 6.38. The van der Waals surface area contributed by atoms with Crippen molar-refractivity contribution in [2.24, 2.45) is 0 Å². The first kappa shape index (κ1) is 15.2. The van der Waals surface area contributed by atoms with Crippen LogP contribution < -0.4 is 5.32 Å². The van der Waals surface area contributed by atoms with E-state index in [2.05, 4.69) is 5.32 Å². The second-order valence-corrected chi connectivity index (χ2v) is 5.44. The molecular weight excluding hydrogens is 242 g/mol. The molecule has 0 aliphatic heterocycles. The summed E-state index contributed by atoms with van der Waals surface area (Å²) in [5.41, 5.74) is 0.535. The van der Waals surface area contributed by atoms with Crippen LogP contribution in [0.5, 0.6) is 0 Å². The van der Waals surface area contributed by atoms with Crippen molar-refractivity contribution in [3.05, 3.63) is 35.9 Å². The van der Waals surface area contributed by atoms with E-state index >= 15 is 0 Å². The highest BCUT2D eigenvalue weighted by atomic mass is 16.6. The zero-order valence-electron chi connectivity index (χ0n) is 11.7. The van der Waals surface area contributed by atoms with Crippen LogP contribution in [0.25, 0.3) is 0 Å². The summed E-state index contributed by atoms with van der Waals surface area (Å²) in [5.74, 6) is 0. The molecule has 1 aromatic carbocycles. The maximum atomic E-state index is 11.7. The molecule has 1 atom stereocenters. The van der Waals surface area contributed by atoms with Crippen molar-refractivity contribution in [3.63, 3.8) is 0 Å². The fourth-order valence-electron chi connectivity index (χ4n) is 1.68. The summed E-state index contributed by atoms with van der Waals surface area (Å²) in [6.07, 6.45) is 1.20. The predicted octanol–water partition coefficient (Wildman–Crippen LogP) is 2.71. The zero-order valence-corrected chi connectivity index (χ0v) is 11.7. The quantitative estimate of drug-likeness (QED) is 0.831. The minimum absolute atomic E-state index is 0.241. The lowest BCUT2D eigenvalue weighted by atomic mass is 10.0. The number of hydrogen-bond acceptors (Lipinski definition) is 3. The van der Waals surface area contributed by atoms with E-state index in [1.807, 2.05) is 30.3 Å². The van der Waals surface area contributed by atoms with Crippen LogP contribution in [-0.2, 0) is 16.0 Å². The third-order valence-corrected chi connectivity index (χ3v) is 2.43. The normalized spacial score (nSPS) is 12.6. The van der Waals surface area contributed by atoms with Gasteiger partial charge in [0.15, 0.2) is 0 Å². The zero-order chi connectivity index (χ0) is 14.3. The number of alkyl carbamates (subject to hydrolysis) is 1. The van der Waals surface area contributed by atoms with Gasteiger partial charge >= 0.3 is 6.09 Å². The van der Waals surface area contributed by atoms with Crippen LogP contribution in [0.2, 0.25) is 0 Å². The first-order valence-corrected chi connectivity index (χ1v) is 6.38. The van der Waals surface area contributed by atoms with Crippen molar-refractivity contribution in [2.45, 2.75) is 45.3 Å². The van der Waals surface area contributed by atoms with E-state index < -0.39 is 11.7 Å². The molecule has 0 radical (unpaired) electrons. The second kappa shape index (κ2) is 6.92. The molecule has 0 aliphatic carbocycles. The van der Waals surface area contributed by atoms with Crippen molar-refractivity contribution in [1.82, 2.24) is 5.32 Å². The number of aldehydes is 1. The van der Waals surface area contributed by atoms with Crippen LogP contribution in [0.4, 0.5) is 4.79 Å². The van der Waals surface area contributed by atoms with Gasteiger partial charge in [-0.25, -0.2) is 4.79 Å². The van der Waals surface area contributed by atoms with Gasteiger partial charge in [0.2, 0.25) is 0 Å². The summed E-state index contributed by atoms with van der Waals surface area (Å²) >= 11 is 0. The molecular formula is C15H21NO3. The van der Waals surface area contributed by atoms with Gasteiger partial charge < -0.3 is 14.8 Å². The summed E-state index contributed by atoms with van der Waals surface area (Å²) in [6.45, 7) is 5.41. The van der Waals surface area contributed by atoms with E-state index in [1.165, 1.54) is 0 Å². The topological polar surface area (TPSA) is 55.4 Å². The molecule has 0 spiro atoms. The fraction of sp³-hybridized carbons (Fsp3) is 0.467. The Bertz CT molecular complexity index is 409. The lowest BCUT2D eigenvalue weighted by molar-refractivity contribution is -0.108. The van der Waals surface area contributed by atoms with Crippen LogP contribution in [0.3, 0.4) is 0 Å². The molecule has 1 aromatic rings. The minimum Gasteiger partial charge on any atom is -0.444 e. The molecule has 4 nitrogen and oxygen atoms in total. The number of benzene rings is 1. The Morgan fingerprint density at radius 3 is 2.47 bits per heavy atom. The van der Waals surface area contributed by atoms with Crippen molar-refractivity contribution in [1.29, 1.82) is 0 Å². The van der Waals surface area contributed by atoms with Gasteiger partial charge in [-0.15, -0.1) is 0 Å². The van der Waals surface area contributed by atoms with Crippen LogP contribution >= 0.6 is 0 Å². The van der Waals surface area contributed by atoms with Crippen LogP contribution in [-0.4, -0.2) is 24.0 Å². The Morgan fingerprint density at radius 1 is 1.32 bits per heavy atom. The minimum atomic E-state index is -0.539. The highest BCUT2D eigenvalue weighted by molar-refractivity contribution is 5.68. The summed E-state index contributed by atoms with van der Waals surface area (Å²) in [4.78, 5) is 22.4. The highest BCUT2D eigenvalue weighted by Gasteiger charge is 2.19. The molecule has 1 rings (SSSR count). The number of ether oxygens (including phenoxy) is 1. The first-order chi connectivity index (χ1) is 8.90. The van der Waals surface area contributed by atoms with Crippen molar-refractivity contribution < 1.29 is 14.3 Å². The van der Waals surface area contributed by atoms with Gasteiger partial charge in [-0.3, -0.25) is 0 Å². The number of nitrogens with one attached hydrogen (secondary N) is 1. The van der Waals surface area contributed by atoms with Gasteiger partial charge in [-0.1, -0.05) is 30.3 Å². The van der Waals surface area contributed by atoms with Crippen LogP contribution in [0, 0.1) is 0 Å².